The smallest absolute Gasteiger partial charge is 0.317 e. The number of carbonyl (C=O) groups excluding carboxylic acids is 4. The number of ketones is 2. The van der Waals surface area contributed by atoms with Crippen molar-refractivity contribution >= 4 is 46.1 Å². The van der Waals surface area contributed by atoms with Crippen LogP contribution < -0.4 is 11.6 Å². The number of nitrogens with zero attached hydrogens (tertiary/aromatic N) is 4. The lowest BCUT2D eigenvalue weighted by atomic mass is 9.67. The molecule has 60 heavy (non-hydrogen) atoms. The molecule has 18 heteroatoms. The molecule has 1 aromatic heterocycles. The summed E-state index contributed by atoms with van der Waals surface area (Å²) >= 11 is 1.30. The van der Waals surface area contributed by atoms with Crippen molar-refractivity contribution in [2.24, 2.45) is 57.3 Å². The summed E-state index contributed by atoms with van der Waals surface area (Å²) in [5, 5.41) is 19.9. The number of nitrogens with two attached hydrogens (primary N) is 2. The third kappa shape index (κ3) is 10.5. The Morgan fingerprint density at radius 3 is 2.35 bits per heavy atom. The number of oxime groups is 1. The Morgan fingerprint density at radius 1 is 1.08 bits per heavy atom. The number of aliphatic hydroxyl groups is 1. The Labute approximate surface area is 358 Å². The van der Waals surface area contributed by atoms with Crippen LogP contribution in [0.5, 0.6) is 0 Å². The van der Waals surface area contributed by atoms with Crippen LogP contribution in [0, 0.1) is 35.5 Å². The standard InChI is InChI=1S/C42H66N6O11S/c1-13-29-42(9)31(30(39(53)58-42)36(43)47-59-26(7)37(46-44)60-20-27-16-14-15-17-45-27)23(4)32(49)21(2)19-41(8,54-12)35(24(5)33(50)25(6)38(52)56-29)57-40-34(51)28(48(10)11)18-22(3)55-40/h14-17,21-26,28-31,34-35,40,51H,13,18-20,44H2,1-12H3,(H2,43,47). The Hall–Kier alpha value is -3.68. The molecule has 3 aliphatic rings. The number of aromatic nitrogens is 1. The van der Waals surface area contributed by atoms with E-state index in [2.05, 4.69) is 15.2 Å². The van der Waals surface area contributed by atoms with Gasteiger partial charge >= 0.3 is 11.9 Å². The average molecular weight is 863 g/mol. The van der Waals surface area contributed by atoms with Gasteiger partial charge in [0.15, 0.2) is 29.6 Å². The van der Waals surface area contributed by atoms with Crippen molar-refractivity contribution in [3.8, 4) is 0 Å². The van der Waals surface area contributed by atoms with E-state index in [9.17, 15) is 24.3 Å². The monoisotopic (exact) mass is 862 g/mol. The minimum Gasteiger partial charge on any atom is -0.458 e. The first-order chi connectivity index (χ1) is 28.1. The van der Waals surface area contributed by atoms with Crippen molar-refractivity contribution in [2.75, 3.05) is 21.2 Å². The van der Waals surface area contributed by atoms with Crippen molar-refractivity contribution in [1.82, 2.24) is 9.88 Å². The van der Waals surface area contributed by atoms with Gasteiger partial charge < -0.3 is 50.1 Å². The number of methoxy groups -OCH3 is 1. The number of amidine groups is 1. The van der Waals surface area contributed by atoms with Crippen molar-refractivity contribution in [3.05, 3.63) is 30.1 Å². The van der Waals surface area contributed by atoms with Gasteiger partial charge in [0.05, 0.1) is 23.5 Å². The fourth-order valence-corrected chi connectivity index (χ4v) is 9.89. The predicted octanol–water partition coefficient (Wildman–Crippen LogP) is 3.44. The summed E-state index contributed by atoms with van der Waals surface area (Å²) in [4.78, 5) is 69.1. The Morgan fingerprint density at radius 2 is 1.77 bits per heavy atom. The first-order valence-corrected chi connectivity index (χ1v) is 21.6. The number of hydrogen-bond donors (Lipinski definition) is 3. The number of fused-ring (bicyclic) bond motifs is 1. The molecule has 0 amide bonds. The maximum absolute atomic E-state index is 14.8. The van der Waals surface area contributed by atoms with Gasteiger partial charge in [-0.3, -0.25) is 24.2 Å². The van der Waals surface area contributed by atoms with Gasteiger partial charge in [-0.25, -0.2) is 0 Å². The van der Waals surface area contributed by atoms with E-state index in [0.717, 1.165) is 5.69 Å². The van der Waals surface area contributed by atoms with Gasteiger partial charge in [0, 0.05) is 48.8 Å². The normalized spacial score (nSPS) is 38.2. The second kappa shape index (κ2) is 20.5. The topological polar surface area (TPSA) is 237 Å². The highest BCUT2D eigenvalue weighted by Crippen LogP contribution is 2.48. The highest BCUT2D eigenvalue weighted by molar-refractivity contribution is 8.13. The van der Waals surface area contributed by atoms with Gasteiger partial charge in [-0.2, -0.15) is 5.10 Å². The van der Waals surface area contributed by atoms with Crippen LogP contribution in [0.2, 0.25) is 0 Å². The molecule has 0 saturated carbocycles. The molecule has 4 rings (SSSR count). The van der Waals surface area contributed by atoms with E-state index < -0.39 is 95.1 Å². The minimum absolute atomic E-state index is 0.0466. The summed E-state index contributed by atoms with van der Waals surface area (Å²) in [7, 11) is 5.16. The number of hydrazone groups is 1. The molecule has 0 aliphatic carbocycles. The van der Waals surface area contributed by atoms with Crippen molar-refractivity contribution in [1.29, 1.82) is 0 Å². The molecule has 5 N–H and O–H groups in total. The molecular formula is C42H66N6O11S. The number of pyridine rings is 1. The summed E-state index contributed by atoms with van der Waals surface area (Å²) in [6.45, 7) is 15.1. The molecule has 0 radical (unpaired) electrons. The summed E-state index contributed by atoms with van der Waals surface area (Å²) in [6.07, 6.45) is -3.09. The van der Waals surface area contributed by atoms with Gasteiger partial charge in [0.25, 0.3) is 0 Å². The van der Waals surface area contributed by atoms with Crippen LogP contribution in [0.4, 0.5) is 0 Å². The van der Waals surface area contributed by atoms with Crippen LogP contribution in [0.25, 0.3) is 0 Å². The fraction of sp³-hybridized carbons (Fsp3) is 0.738. The molecule has 3 aliphatic heterocycles. The number of hydrogen-bond acceptors (Lipinski definition) is 17. The number of ether oxygens (including phenoxy) is 5. The largest absolute Gasteiger partial charge is 0.458 e. The number of thioether (sulfide) groups is 1. The van der Waals surface area contributed by atoms with Crippen molar-refractivity contribution in [2.45, 2.75) is 141 Å². The second-order valence-corrected chi connectivity index (χ2v) is 18.1. The molecule has 17 nitrogen and oxygen atoms in total. The van der Waals surface area contributed by atoms with E-state index in [1.165, 1.54) is 25.8 Å². The lowest BCUT2D eigenvalue weighted by Crippen LogP contribution is -2.59. The zero-order chi connectivity index (χ0) is 44.9. The van der Waals surface area contributed by atoms with Crippen LogP contribution in [-0.2, 0) is 53.5 Å². The molecule has 0 bridgehead atoms. The van der Waals surface area contributed by atoms with E-state index >= 15 is 0 Å². The quantitative estimate of drug-likeness (QED) is 0.0722. The van der Waals surface area contributed by atoms with Gasteiger partial charge in [0.1, 0.15) is 34.9 Å². The van der Waals surface area contributed by atoms with Crippen LogP contribution in [0.3, 0.4) is 0 Å². The third-order valence-electron chi connectivity index (χ3n) is 12.6. The summed E-state index contributed by atoms with van der Waals surface area (Å²) in [5.74, 6) is -2.81. The Balaban J connectivity index is 1.73. The SMILES string of the molecule is CCC1OC(=O)C(C)C(=O)C(C)C(OC2OC(C)CC(N(C)C)C2O)C(C)(OC)CC(C)C(=O)C(C)C2C(C(N)=NOC(C)C(=NN)SCc3ccccn3)C(=O)OC12C. The molecule has 15 unspecified atom stereocenters. The number of esters is 2. The average Bonchev–Trinajstić information content (AvgIpc) is 3.50. The van der Waals surface area contributed by atoms with E-state index in [-0.39, 0.29) is 36.6 Å². The summed E-state index contributed by atoms with van der Waals surface area (Å²) in [6, 6.07) is 5.23. The van der Waals surface area contributed by atoms with Crippen LogP contribution >= 0.6 is 11.8 Å². The highest BCUT2D eigenvalue weighted by Gasteiger charge is 2.62. The van der Waals surface area contributed by atoms with Crippen molar-refractivity contribution in [3.63, 3.8) is 0 Å². The maximum atomic E-state index is 14.8. The first kappa shape index (κ1) is 49.0. The molecule has 4 heterocycles. The molecule has 15 atom stereocenters. The Kier molecular flexibility index (Phi) is 16.7. The number of Topliss-reactive ketones (excluding diaryl/α,β-unsaturated/α-hetero) is 2. The number of cyclic esters (lactones) is 1. The lowest BCUT2D eigenvalue weighted by molar-refractivity contribution is -0.295. The number of aliphatic hydroxyl groups excluding tert-OH is 1. The molecule has 1 aromatic rings. The van der Waals surface area contributed by atoms with Crippen molar-refractivity contribution < 1.29 is 52.8 Å². The van der Waals surface area contributed by atoms with E-state index in [1.807, 2.05) is 44.1 Å². The van der Waals surface area contributed by atoms with E-state index in [1.54, 1.807) is 54.7 Å². The van der Waals surface area contributed by atoms with Crippen LogP contribution in [-0.4, -0.2) is 125 Å². The lowest BCUT2D eigenvalue weighted by Gasteiger charge is -2.47. The molecule has 3 saturated heterocycles. The maximum Gasteiger partial charge on any atom is 0.317 e. The fourth-order valence-electron chi connectivity index (χ4n) is 9.08. The molecule has 3 fully saturated rings. The molecular weight excluding hydrogens is 797 g/mol. The highest BCUT2D eigenvalue weighted by atomic mass is 32.2. The van der Waals surface area contributed by atoms with Crippen LogP contribution in [0.1, 0.15) is 87.3 Å². The predicted molar refractivity (Wildman–Crippen MR) is 225 cm³/mol. The third-order valence-corrected chi connectivity index (χ3v) is 13.7. The zero-order valence-corrected chi connectivity index (χ0v) is 37.8. The molecule has 336 valence electrons. The molecule has 0 spiro atoms. The summed E-state index contributed by atoms with van der Waals surface area (Å²) in [5.41, 5.74) is 4.46. The van der Waals surface area contributed by atoms with E-state index in [0.29, 0.717) is 17.2 Å². The summed E-state index contributed by atoms with van der Waals surface area (Å²) < 4.78 is 31.1. The van der Waals surface area contributed by atoms with E-state index in [4.69, 9.17) is 40.1 Å². The zero-order valence-electron chi connectivity index (χ0n) is 37.0. The van der Waals surface area contributed by atoms with Gasteiger partial charge in [-0.15, -0.1) is 0 Å². The molecule has 0 aromatic carbocycles. The Bertz CT molecular complexity index is 1740. The van der Waals surface area contributed by atoms with Crippen LogP contribution in [0.15, 0.2) is 34.7 Å². The number of carbonyl (C=O) groups is 4. The number of rotatable bonds is 11. The van der Waals surface area contributed by atoms with Gasteiger partial charge in [0.2, 0.25) is 0 Å². The second-order valence-electron chi connectivity index (χ2n) is 17.1. The first-order valence-electron chi connectivity index (χ1n) is 20.7. The minimum atomic E-state index is -1.59. The van der Waals surface area contributed by atoms with Gasteiger partial charge in [-0.1, -0.05) is 50.7 Å². The number of likely N-dealkylation sites (N-methyl/N-ethyl adjacent to an activating group) is 1. The van der Waals surface area contributed by atoms with Gasteiger partial charge in [-0.05, 0) is 80.1 Å².